The lowest BCUT2D eigenvalue weighted by molar-refractivity contribution is -0.152. The number of carbonyl (C=O) groups excluding carboxylic acids is 1. The standard InChI is InChI=1S/C20H30O5/c1-12(9-15(22)10-13(2)11-21)5-6-14-7-8-16-17(20(14,3)4)19(24)25-18(16)23/h10,14-15,18,21-23H,1,5-9,11H2,2-4H3/b13-10-/t14-,15+,18-/m1/s1. The van der Waals surface area contributed by atoms with Crippen molar-refractivity contribution in [3.63, 3.8) is 0 Å². The van der Waals surface area contributed by atoms with Crippen molar-refractivity contribution in [3.8, 4) is 0 Å². The molecular weight excluding hydrogens is 320 g/mol. The number of hydrogen-bond acceptors (Lipinski definition) is 5. The molecule has 1 aliphatic carbocycles. The Balaban J connectivity index is 1.95. The number of aliphatic hydroxyl groups is 3. The Morgan fingerprint density at radius 1 is 1.48 bits per heavy atom. The van der Waals surface area contributed by atoms with Crippen molar-refractivity contribution in [2.24, 2.45) is 11.3 Å². The van der Waals surface area contributed by atoms with Crippen LogP contribution in [0.1, 0.15) is 52.9 Å². The molecule has 25 heavy (non-hydrogen) atoms. The van der Waals surface area contributed by atoms with Crippen LogP contribution in [0.4, 0.5) is 0 Å². The summed E-state index contributed by atoms with van der Waals surface area (Å²) in [6, 6.07) is 0. The van der Waals surface area contributed by atoms with E-state index < -0.39 is 18.4 Å². The second kappa shape index (κ2) is 7.85. The van der Waals surface area contributed by atoms with Crippen LogP contribution in [0.25, 0.3) is 0 Å². The molecule has 1 heterocycles. The van der Waals surface area contributed by atoms with Gasteiger partial charge in [0.15, 0.2) is 0 Å². The third-order valence-electron chi connectivity index (χ3n) is 5.54. The second-order valence-corrected chi connectivity index (χ2v) is 7.85. The predicted octanol–water partition coefficient (Wildman–Crippen LogP) is 2.62. The van der Waals surface area contributed by atoms with E-state index in [0.717, 1.165) is 36.0 Å². The van der Waals surface area contributed by atoms with Gasteiger partial charge in [-0.15, -0.1) is 0 Å². The first-order valence-corrected chi connectivity index (χ1v) is 8.92. The number of esters is 1. The monoisotopic (exact) mass is 350 g/mol. The van der Waals surface area contributed by atoms with Crippen LogP contribution in [-0.2, 0) is 9.53 Å². The van der Waals surface area contributed by atoms with Crippen molar-refractivity contribution in [3.05, 3.63) is 34.9 Å². The van der Waals surface area contributed by atoms with Crippen LogP contribution in [0.15, 0.2) is 34.9 Å². The van der Waals surface area contributed by atoms with Gasteiger partial charge >= 0.3 is 5.97 Å². The van der Waals surface area contributed by atoms with Crippen LogP contribution in [0.5, 0.6) is 0 Å². The molecule has 0 fully saturated rings. The molecule has 0 aromatic heterocycles. The van der Waals surface area contributed by atoms with E-state index in [-0.39, 0.29) is 12.0 Å². The average molecular weight is 350 g/mol. The SMILES string of the molecule is C=C(CC[C@@H]1CCC2=C(C(=O)O[C@H]2O)C1(C)C)C[C@H](O)/C=C(/C)CO. The van der Waals surface area contributed by atoms with E-state index in [4.69, 9.17) is 9.84 Å². The fourth-order valence-electron chi connectivity index (χ4n) is 4.03. The summed E-state index contributed by atoms with van der Waals surface area (Å²) in [4.78, 5) is 12.1. The molecule has 0 aromatic rings. The zero-order valence-electron chi connectivity index (χ0n) is 15.4. The van der Waals surface area contributed by atoms with Crippen molar-refractivity contribution in [1.82, 2.24) is 0 Å². The summed E-state index contributed by atoms with van der Waals surface area (Å²) in [6.07, 6.45) is 3.66. The highest BCUT2D eigenvalue weighted by Crippen LogP contribution is 2.50. The van der Waals surface area contributed by atoms with Gasteiger partial charge in [0.1, 0.15) is 0 Å². The van der Waals surface area contributed by atoms with Gasteiger partial charge in [0.2, 0.25) is 6.29 Å². The minimum Gasteiger partial charge on any atom is -0.428 e. The normalized spacial score (nSPS) is 27.1. The van der Waals surface area contributed by atoms with Crippen LogP contribution < -0.4 is 0 Å². The molecule has 3 N–H and O–H groups in total. The number of hydrogen-bond donors (Lipinski definition) is 3. The topological polar surface area (TPSA) is 87.0 Å². The van der Waals surface area contributed by atoms with E-state index in [1.165, 1.54) is 0 Å². The molecule has 0 saturated carbocycles. The van der Waals surface area contributed by atoms with Gasteiger partial charge in [0.05, 0.1) is 12.7 Å². The third kappa shape index (κ3) is 4.40. The summed E-state index contributed by atoms with van der Waals surface area (Å²) < 4.78 is 4.98. The maximum atomic E-state index is 12.1. The van der Waals surface area contributed by atoms with Gasteiger partial charge in [0.25, 0.3) is 0 Å². The molecule has 0 spiro atoms. The molecule has 0 aromatic carbocycles. The summed E-state index contributed by atoms with van der Waals surface area (Å²) in [5.74, 6) is -0.0937. The molecule has 0 amide bonds. The Morgan fingerprint density at radius 2 is 2.16 bits per heavy atom. The van der Waals surface area contributed by atoms with Gasteiger partial charge in [-0.3, -0.25) is 0 Å². The van der Waals surface area contributed by atoms with Crippen LogP contribution in [-0.4, -0.2) is 40.3 Å². The summed E-state index contributed by atoms with van der Waals surface area (Å²) in [5, 5.41) is 28.9. The smallest absolute Gasteiger partial charge is 0.337 e. The van der Waals surface area contributed by atoms with Crippen molar-refractivity contribution >= 4 is 5.97 Å². The quantitative estimate of drug-likeness (QED) is 0.485. The van der Waals surface area contributed by atoms with Crippen molar-refractivity contribution < 1.29 is 24.9 Å². The average Bonchev–Trinajstić information content (AvgIpc) is 2.81. The molecule has 2 aliphatic rings. The maximum Gasteiger partial charge on any atom is 0.337 e. The third-order valence-corrected chi connectivity index (χ3v) is 5.54. The first-order valence-electron chi connectivity index (χ1n) is 8.92. The van der Waals surface area contributed by atoms with Gasteiger partial charge in [-0.1, -0.05) is 32.1 Å². The molecule has 0 saturated heterocycles. The van der Waals surface area contributed by atoms with Gasteiger partial charge < -0.3 is 20.1 Å². The first-order chi connectivity index (χ1) is 11.7. The first kappa shape index (κ1) is 19.9. The Morgan fingerprint density at radius 3 is 2.80 bits per heavy atom. The molecule has 2 rings (SSSR count). The number of ether oxygens (including phenoxy) is 1. The number of cyclic esters (lactones) is 1. The summed E-state index contributed by atoms with van der Waals surface area (Å²) in [6.45, 7) is 9.85. The van der Waals surface area contributed by atoms with Gasteiger partial charge in [-0.05, 0) is 55.9 Å². The number of rotatable bonds is 7. The zero-order valence-corrected chi connectivity index (χ0v) is 15.4. The Kier molecular flexibility index (Phi) is 6.25. The Hall–Kier alpha value is -1.43. The Labute approximate surface area is 149 Å². The van der Waals surface area contributed by atoms with E-state index in [0.29, 0.717) is 24.3 Å². The van der Waals surface area contributed by atoms with Crippen molar-refractivity contribution in [2.75, 3.05) is 6.61 Å². The number of carbonyl (C=O) groups is 1. The summed E-state index contributed by atoms with van der Waals surface area (Å²) >= 11 is 0. The minimum absolute atomic E-state index is 0.0564. The summed E-state index contributed by atoms with van der Waals surface area (Å²) in [5.41, 5.74) is 2.74. The van der Waals surface area contributed by atoms with Gasteiger partial charge in [-0.2, -0.15) is 0 Å². The highest BCUT2D eigenvalue weighted by molar-refractivity contribution is 5.93. The second-order valence-electron chi connectivity index (χ2n) is 7.85. The fraction of sp³-hybridized carbons (Fsp3) is 0.650. The van der Waals surface area contributed by atoms with E-state index in [9.17, 15) is 15.0 Å². The predicted molar refractivity (Wildman–Crippen MR) is 95.5 cm³/mol. The minimum atomic E-state index is -1.07. The van der Waals surface area contributed by atoms with E-state index in [1.54, 1.807) is 13.0 Å². The van der Waals surface area contributed by atoms with Crippen LogP contribution in [0.3, 0.4) is 0 Å². The lowest BCUT2D eigenvalue weighted by Gasteiger charge is -2.39. The van der Waals surface area contributed by atoms with Crippen LogP contribution in [0, 0.1) is 11.3 Å². The maximum absolute atomic E-state index is 12.1. The van der Waals surface area contributed by atoms with Crippen LogP contribution >= 0.6 is 0 Å². The molecule has 0 unspecified atom stereocenters. The fourth-order valence-corrected chi connectivity index (χ4v) is 4.03. The van der Waals surface area contributed by atoms with Gasteiger partial charge in [-0.25, -0.2) is 4.79 Å². The zero-order chi connectivity index (χ0) is 18.8. The van der Waals surface area contributed by atoms with Gasteiger partial charge in [0, 0.05) is 11.1 Å². The Bertz CT molecular complexity index is 599. The lowest BCUT2D eigenvalue weighted by atomic mass is 9.64. The highest BCUT2D eigenvalue weighted by Gasteiger charge is 2.47. The molecule has 140 valence electrons. The van der Waals surface area contributed by atoms with Crippen molar-refractivity contribution in [2.45, 2.75) is 65.3 Å². The molecule has 0 radical (unpaired) electrons. The van der Waals surface area contributed by atoms with E-state index in [1.807, 2.05) is 13.8 Å². The molecule has 1 aliphatic heterocycles. The highest BCUT2D eigenvalue weighted by atomic mass is 16.6. The molecule has 0 bridgehead atoms. The largest absolute Gasteiger partial charge is 0.428 e. The van der Waals surface area contributed by atoms with Crippen LogP contribution in [0.2, 0.25) is 0 Å². The molecular formula is C20H30O5. The van der Waals surface area contributed by atoms with Crippen molar-refractivity contribution in [1.29, 1.82) is 0 Å². The molecule has 3 atom stereocenters. The molecule has 5 nitrogen and oxygen atoms in total. The molecule has 5 heteroatoms. The van der Waals surface area contributed by atoms with E-state index in [2.05, 4.69) is 6.58 Å². The lowest BCUT2D eigenvalue weighted by Crippen LogP contribution is -2.33. The van der Waals surface area contributed by atoms with E-state index >= 15 is 0 Å². The number of aliphatic hydroxyl groups excluding tert-OH is 3. The summed E-state index contributed by atoms with van der Waals surface area (Å²) in [7, 11) is 0.